The van der Waals surface area contributed by atoms with Gasteiger partial charge < -0.3 is 4.74 Å². The van der Waals surface area contributed by atoms with Crippen molar-refractivity contribution in [2.45, 2.75) is 25.9 Å². The molecule has 92 valence electrons. The van der Waals surface area contributed by atoms with Crippen LogP contribution < -0.4 is 5.48 Å². The SMILES string of the molecule is O=C(CCCC(=O)OCc1ccccc1)NO. The molecule has 0 fully saturated rings. The van der Waals surface area contributed by atoms with Gasteiger partial charge in [-0.1, -0.05) is 30.3 Å². The number of carbonyl (C=O) groups excluding carboxylic acids is 2. The molecule has 1 aromatic carbocycles. The second-order valence-corrected chi connectivity index (χ2v) is 3.53. The average molecular weight is 237 g/mol. The zero-order chi connectivity index (χ0) is 12.5. The van der Waals surface area contributed by atoms with Gasteiger partial charge in [-0.15, -0.1) is 0 Å². The summed E-state index contributed by atoms with van der Waals surface area (Å²) in [5.41, 5.74) is 2.43. The molecule has 0 aliphatic heterocycles. The number of nitrogens with one attached hydrogen (secondary N) is 1. The minimum Gasteiger partial charge on any atom is -0.461 e. The highest BCUT2D eigenvalue weighted by atomic mass is 16.5. The van der Waals surface area contributed by atoms with Gasteiger partial charge in [-0.25, -0.2) is 5.48 Å². The fourth-order valence-corrected chi connectivity index (χ4v) is 1.26. The summed E-state index contributed by atoms with van der Waals surface area (Å²) in [7, 11) is 0. The summed E-state index contributed by atoms with van der Waals surface area (Å²) >= 11 is 0. The van der Waals surface area contributed by atoms with Crippen LogP contribution in [0.3, 0.4) is 0 Å². The van der Waals surface area contributed by atoms with Crippen LogP contribution in [-0.2, 0) is 20.9 Å². The van der Waals surface area contributed by atoms with Crippen LogP contribution in [0.1, 0.15) is 24.8 Å². The maximum Gasteiger partial charge on any atom is 0.306 e. The molecule has 1 aromatic rings. The van der Waals surface area contributed by atoms with E-state index in [1.54, 1.807) is 0 Å². The molecule has 17 heavy (non-hydrogen) atoms. The van der Waals surface area contributed by atoms with Crippen LogP contribution in [0.25, 0.3) is 0 Å². The monoisotopic (exact) mass is 237 g/mol. The fourth-order valence-electron chi connectivity index (χ4n) is 1.26. The minimum absolute atomic E-state index is 0.108. The Bertz CT molecular complexity index is 364. The predicted molar refractivity (Wildman–Crippen MR) is 60.0 cm³/mol. The van der Waals surface area contributed by atoms with Gasteiger partial charge in [0.05, 0.1) is 0 Å². The Morgan fingerprint density at radius 1 is 1.18 bits per heavy atom. The van der Waals surface area contributed by atoms with E-state index < -0.39 is 5.91 Å². The van der Waals surface area contributed by atoms with Gasteiger partial charge in [0, 0.05) is 12.8 Å². The molecular formula is C12H15NO4. The van der Waals surface area contributed by atoms with E-state index in [-0.39, 0.29) is 25.4 Å². The van der Waals surface area contributed by atoms with Gasteiger partial charge in [-0.05, 0) is 12.0 Å². The summed E-state index contributed by atoms with van der Waals surface area (Å²) in [6.45, 7) is 0.242. The number of hydrogen-bond donors (Lipinski definition) is 2. The lowest BCUT2D eigenvalue weighted by Crippen LogP contribution is -2.18. The van der Waals surface area contributed by atoms with E-state index >= 15 is 0 Å². The highest BCUT2D eigenvalue weighted by molar-refractivity contribution is 5.75. The van der Waals surface area contributed by atoms with Crippen molar-refractivity contribution in [3.8, 4) is 0 Å². The molecular weight excluding hydrogens is 222 g/mol. The molecule has 0 atom stereocenters. The number of hydroxylamine groups is 1. The van der Waals surface area contributed by atoms with Crippen LogP contribution in [0, 0.1) is 0 Å². The number of carbonyl (C=O) groups is 2. The summed E-state index contributed by atoms with van der Waals surface area (Å²) in [5.74, 6) is -0.847. The fraction of sp³-hybridized carbons (Fsp3) is 0.333. The van der Waals surface area contributed by atoms with Crippen molar-refractivity contribution in [3.63, 3.8) is 0 Å². The zero-order valence-corrected chi connectivity index (χ0v) is 9.39. The molecule has 0 spiro atoms. The molecule has 2 N–H and O–H groups in total. The van der Waals surface area contributed by atoms with E-state index in [0.717, 1.165) is 5.56 Å². The van der Waals surface area contributed by atoms with Crippen molar-refractivity contribution < 1.29 is 19.5 Å². The molecule has 0 unspecified atom stereocenters. The predicted octanol–water partition coefficient (Wildman–Crippen LogP) is 1.41. The van der Waals surface area contributed by atoms with E-state index in [1.165, 1.54) is 5.48 Å². The molecule has 0 aromatic heterocycles. The van der Waals surface area contributed by atoms with Crippen LogP contribution in [0.5, 0.6) is 0 Å². The van der Waals surface area contributed by atoms with Crippen molar-refractivity contribution in [1.29, 1.82) is 0 Å². The maximum atomic E-state index is 11.3. The quantitative estimate of drug-likeness (QED) is 0.445. The third kappa shape index (κ3) is 5.67. The lowest BCUT2D eigenvalue weighted by Gasteiger charge is -2.04. The van der Waals surface area contributed by atoms with Gasteiger partial charge in [0.2, 0.25) is 5.91 Å². The summed E-state index contributed by atoms with van der Waals surface area (Å²) < 4.78 is 5.01. The van der Waals surface area contributed by atoms with E-state index in [2.05, 4.69) is 0 Å². The summed E-state index contributed by atoms with van der Waals surface area (Å²) in [4.78, 5) is 21.9. The first-order valence-corrected chi connectivity index (χ1v) is 5.35. The van der Waals surface area contributed by atoms with Crippen LogP contribution in [-0.4, -0.2) is 17.1 Å². The third-order valence-electron chi connectivity index (χ3n) is 2.15. The Morgan fingerprint density at radius 2 is 1.88 bits per heavy atom. The van der Waals surface area contributed by atoms with Gasteiger partial charge in [0.1, 0.15) is 6.61 Å². The molecule has 0 aliphatic rings. The Balaban J connectivity index is 2.16. The lowest BCUT2D eigenvalue weighted by molar-refractivity contribution is -0.145. The highest BCUT2D eigenvalue weighted by Crippen LogP contribution is 2.03. The Morgan fingerprint density at radius 3 is 2.53 bits per heavy atom. The van der Waals surface area contributed by atoms with E-state index in [1.807, 2.05) is 30.3 Å². The van der Waals surface area contributed by atoms with Gasteiger partial charge in [-0.2, -0.15) is 0 Å². The van der Waals surface area contributed by atoms with Crippen LogP contribution in [0.15, 0.2) is 30.3 Å². The maximum absolute atomic E-state index is 11.3. The van der Waals surface area contributed by atoms with Crippen molar-refractivity contribution in [1.82, 2.24) is 5.48 Å². The van der Waals surface area contributed by atoms with Gasteiger partial charge in [-0.3, -0.25) is 14.8 Å². The normalized spacial score (nSPS) is 9.71. The topological polar surface area (TPSA) is 75.6 Å². The number of rotatable bonds is 6. The second kappa shape index (κ2) is 7.40. The average Bonchev–Trinajstić information content (AvgIpc) is 2.37. The molecule has 1 amide bonds. The summed E-state index contributed by atoms with van der Waals surface area (Å²) in [6.07, 6.45) is 0.636. The third-order valence-corrected chi connectivity index (χ3v) is 2.15. The molecule has 0 saturated heterocycles. The number of amides is 1. The first kappa shape index (κ1) is 13.2. The van der Waals surface area contributed by atoms with Gasteiger partial charge in [0.15, 0.2) is 0 Å². The molecule has 0 aliphatic carbocycles. The molecule has 5 heteroatoms. The number of ether oxygens (including phenoxy) is 1. The smallest absolute Gasteiger partial charge is 0.306 e. The first-order valence-electron chi connectivity index (χ1n) is 5.35. The van der Waals surface area contributed by atoms with Crippen molar-refractivity contribution in [3.05, 3.63) is 35.9 Å². The van der Waals surface area contributed by atoms with Crippen LogP contribution in [0.4, 0.5) is 0 Å². The first-order chi connectivity index (χ1) is 8.22. The van der Waals surface area contributed by atoms with Crippen molar-refractivity contribution >= 4 is 11.9 Å². The Hall–Kier alpha value is -1.88. The largest absolute Gasteiger partial charge is 0.461 e. The molecule has 0 saturated carbocycles. The van der Waals surface area contributed by atoms with E-state index in [0.29, 0.717) is 6.42 Å². The van der Waals surface area contributed by atoms with Gasteiger partial charge in [0.25, 0.3) is 0 Å². The van der Waals surface area contributed by atoms with Crippen molar-refractivity contribution in [2.75, 3.05) is 0 Å². The van der Waals surface area contributed by atoms with Gasteiger partial charge >= 0.3 is 5.97 Å². The van der Waals surface area contributed by atoms with Crippen LogP contribution in [0.2, 0.25) is 0 Å². The Kier molecular flexibility index (Phi) is 5.74. The lowest BCUT2D eigenvalue weighted by atomic mass is 10.2. The van der Waals surface area contributed by atoms with E-state index in [4.69, 9.17) is 9.94 Å². The zero-order valence-electron chi connectivity index (χ0n) is 9.39. The Labute approximate surface area is 99.4 Å². The molecule has 0 radical (unpaired) electrons. The second-order valence-electron chi connectivity index (χ2n) is 3.53. The van der Waals surface area contributed by atoms with E-state index in [9.17, 15) is 9.59 Å². The summed E-state index contributed by atoms with van der Waals surface area (Å²) in [6, 6.07) is 9.36. The number of esters is 1. The number of benzene rings is 1. The molecule has 1 rings (SSSR count). The molecule has 5 nitrogen and oxygen atoms in total. The van der Waals surface area contributed by atoms with Crippen LogP contribution >= 0.6 is 0 Å². The highest BCUT2D eigenvalue weighted by Gasteiger charge is 2.05. The minimum atomic E-state index is -0.499. The van der Waals surface area contributed by atoms with Crippen molar-refractivity contribution in [2.24, 2.45) is 0 Å². The standard InChI is InChI=1S/C12H15NO4/c14-11(13-16)7-4-8-12(15)17-9-10-5-2-1-3-6-10/h1-3,5-6,16H,4,7-9H2,(H,13,14). The molecule has 0 bridgehead atoms. The number of hydrogen-bond acceptors (Lipinski definition) is 4. The molecule has 0 heterocycles. The summed E-state index contributed by atoms with van der Waals surface area (Å²) in [5, 5.41) is 8.24.